The highest BCUT2D eigenvalue weighted by Crippen LogP contribution is 1.94. The normalized spacial score (nSPS) is 8.91. The lowest BCUT2D eigenvalue weighted by Crippen LogP contribution is -2.34. The number of nitrogens with one attached hydrogen (secondary N) is 1. The van der Waals surface area contributed by atoms with Crippen LogP contribution in [0.25, 0.3) is 0 Å². The van der Waals surface area contributed by atoms with Crippen LogP contribution in [0.5, 0.6) is 0 Å². The van der Waals surface area contributed by atoms with E-state index in [2.05, 4.69) is 0 Å². The third-order valence-electron chi connectivity index (χ3n) is 1.27. The summed E-state index contributed by atoms with van der Waals surface area (Å²) in [5.74, 6) is -0.654. The maximum Gasteiger partial charge on any atom is 0.234 e. The van der Waals surface area contributed by atoms with Gasteiger partial charge in [-0.2, -0.15) is 0 Å². The van der Waals surface area contributed by atoms with Crippen LogP contribution in [0.2, 0.25) is 0 Å². The van der Waals surface area contributed by atoms with Crippen LogP contribution in [0.3, 0.4) is 0 Å². The molecule has 0 aromatic rings. The molecule has 0 aromatic carbocycles. The summed E-state index contributed by atoms with van der Waals surface area (Å²) >= 11 is 0. The fraction of sp³-hybridized carbons (Fsp3) is 0.571. The second-order valence-electron chi connectivity index (χ2n) is 1.99. The van der Waals surface area contributed by atoms with Gasteiger partial charge in [-0.05, 0) is 0 Å². The first-order valence-electron chi connectivity index (χ1n) is 3.52. The number of hydrogen-bond acceptors (Lipinski definition) is 3. The molecule has 0 aromatic heterocycles. The molecule has 0 spiro atoms. The highest BCUT2D eigenvalue weighted by atomic mass is 16.2. The van der Waals surface area contributed by atoms with E-state index < -0.39 is 0 Å². The van der Waals surface area contributed by atoms with Crippen molar-refractivity contribution in [1.82, 2.24) is 4.90 Å². The van der Waals surface area contributed by atoms with Crippen LogP contribution >= 0.6 is 0 Å². The van der Waals surface area contributed by atoms with Crippen molar-refractivity contribution >= 4 is 18.2 Å². The minimum Gasteiger partial charge on any atom is -0.291 e. The van der Waals surface area contributed by atoms with Gasteiger partial charge in [-0.1, -0.05) is 13.8 Å². The average Bonchev–Trinajstić information content (AvgIpc) is 2.05. The van der Waals surface area contributed by atoms with E-state index in [1.54, 1.807) is 13.8 Å². The average molecular weight is 156 g/mol. The molecule has 0 bridgehead atoms. The van der Waals surface area contributed by atoms with Gasteiger partial charge in [-0.15, -0.1) is 0 Å². The third kappa shape index (κ3) is 2.49. The quantitative estimate of drug-likeness (QED) is 0.484. The first-order valence-corrected chi connectivity index (χ1v) is 3.52. The molecular formula is C7H12N2O2. The Bertz CT molecular complexity index is 161. The van der Waals surface area contributed by atoms with E-state index in [9.17, 15) is 9.59 Å². The van der Waals surface area contributed by atoms with Crippen LogP contribution in [0.4, 0.5) is 0 Å². The number of hydrogen-bond donors (Lipinski definition) is 1. The van der Waals surface area contributed by atoms with E-state index in [0.29, 0.717) is 0 Å². The predicted molar refractivity (Wildman–Crippen MR) is 41.2 cm³/mol. The van der Waals surface area contributed by atoms with Crippen molar-refractivity contribution in [3.05, 3.63) is 0 Å². The predicted octanol–water partition coefficient (Wildman–Crippen LogP) is 0.769. The highest BCUT2D eigenvalue weighted by Gasteiger charge is 2.14. The molecule has 0 unspecified atom stereocenters. The van der Waals surface area contributed by atoms with Crippen molar-refractivity contribution in [2.24, 2.45) is 0 Å². The Morgan fingerprint density at radius 3 is 1.82 bits per heavy atom. The van der Waals surface area contributed by atoms with Crippen LogP contribution in [0, 0.1) is 5.41 Å². The number of nitrogens with zero attached hydrogens (tertiary/aromatic N) is 1. The van der Waals surface area contributed by atoms with Gasteiger partial charge in [-0.3, -0.25) is 15.0 Å². The molecule has 1 N–H and O–H groups in total. The third-order valence-corrected chi connectivity index (χ3v) is 1.27. The van der Waals surface area contributed by atoms with Gasteiger partial charge < -0.3 is 0 Å². The molecule has 0 fully saturated rings. The Labute approximate surface area is 65.7 Å². The molecule has 0 heterocycles. The zero-order valence-electron chi connectivity index (χ0n) is 6.76. The second-order valence-corrected chi connectivity index (χ2v) is 1.99. The first-order chi connectivity index (χ1) is 5.17. The Morgan fingerprint density at radius 1 is 1.27 bits per heavy atom. The summed E-state index contributed by atoms with van der Waals surface area (Å²) < 4.78 is 0. The van der Waals surface area contributed by atoms with Crippen LogP contribution < -0.4 is 0 Å². The van der Waals surface area contributed by atoms with Gasteiger partial charge in [0.25, 0.3) is 0 Å². The number of carbonyl (C=O) groups is 2. The molecule has 0 radical (unpaired) electrons. The summed E-state index contributed by atoms with van der Waals surface area (Å²) in [5, 5.41) is 6.79. The molecule has 2 amide bonds. The summed E-state index contributed by atoms with van der Waals surface area (Å²) in [6.45, 7) is 3.31. The number of amides is 2. The summed E-state index contributed by atoms with van der Waals surface area (Å²) in [6, 6.07) is 0. The van der Waals surface area contributed by atoms with Crippen molar-refractivity contribution < 1.29 is 9.59 Å². The molecule has 0 saturated heterocycles. The zero-order valence-corrected chi connectivity index (χ0v) is 6.76. The zero-order chi connectivity index (χ0) is 8.85. The van der Waals surface area contributed by atoms with Crippen molar-refractivity contribution in [3.63, 3.8) is 0 Å². The van der Waals surface area contributed by atoms with E-state index in [-0.39, 0.29) is 24.7 Å². The van der Waals surface area contributed by atoms with Gasteiger partial charge in [0.05, 0.1) is 6.34 Å². The monoisotopic (exact) mass is 156 g/mol. The lowest BCUT2D eigenvalue weighted by molar-refractivity contribution is -0.139. The van der Waals surface area contributed by atoms with E-state index >= 15 is 0 Å². The summed E-state index contributed by atoms with van der Waals surface area (Å²) in [7, 11) is 0. The lowest BCUT2D eigenvalue weighted by Gasteiger charge is -2.11. The van der Waals surface area contributed by atoms with E-state index in [1.165, 1.54) is 0 Å². The minimum absolute atomic E-state index is 0.251. The maximum absolute atomic E-state index is 10.9. The molecule has 62 valence electrons. The molecular weight excluding hydrogens is 144 g/mol. The van der Waals surface area contributed by atoms with Crippen molar-refractivity contribution in [2.75, 3.05) is 0 Å². The van der Waals surface area contributed by atoms with Crippen molar-refractivity contribution in [1.29, 1.82) is 5.41 Å². The van der Waals surface area contributed by atoms with Crippen molar-refractivity contribution in [3.8, 4) is 0 Å². The molecule has 0 rings (SSSR count). The SMILES string of the molecule is CCC(=O)N(C=N)C(=O)CC. The van der Waals surface area contributed by atoms with Gasteiger partial charge >= 0.3 is 0 Å². The highest BCUT2D eigenvalue weighted by molar-refractivity contribution is 6.04. The molecule has 0 saturated carbocycles. The van der Waals surface area contributed by atoms with Gasteiger partial charge in [0, 0.05) is 12.8 Å². The molecule has 4 heteroatoms. The van der Waals surface area contributed by atoms with Gasteiger partial charge in [0.1, 0.15) is 0 Å². The molecule has 4 nitrogen and oxygen atoms in total. The van der Waals surface area contributed by atoms with E-state index in [1.807, 2.05) is 0 Å². The van der Waals surface area contributed by atoms with E-state index in [0.717, 1.165) is 11.2 Å². The van der Waals surface area contributed by atoms with Crippen molar-refractivity contribution in [2.45, 2.75) is 26.7 Å². The molecule has 0 aliphatic heterocycles. The molecule has 11 heavy (non-hydrogen) atoms. The summed E-state index contributed by atoms with van der Waals surface area (Å²) in [6.07, 6.45) is 1.26. The smallest absolute Gasteiger partial charge is 0.234 e. The van der Waals surface area contributed by atoms with Crippen LogP contribution in [0.1, 0.15) is 26.7 Å². The molecule has 0 aliphatic rings. The van der Waals surface area contributed by atoms with E-state index in [4.69, 9.17) is 5.41 Å². The standard InChI is InChI=1S/C7H12N2O2/c1-3-6(10)9(5-8)7(11)4-2/h5,8H,3-4H2,1-2H3. The molecule has 0 aliphatic carbocycles. The van der Waals surface area contributed by atoms with Crippen LogP contribution in [-0.4, -0.2) is 23.1 Å². The summed E-state index contributed by atoms with van der Waals surface area (Å²) in [4.78, 5) is 22.6. The number of imide groups is 1. The fourth-order valence-corrected chi connectivity index (χ4v) is 0.624. The largest absolute Gasteiger partial charge is 0.291 e. The first kappa shape index (κ1) is 9.81. The Kier molecular flexibility index (Phi) is 4.10. The number of carbonyl (C=O) groups excluding carboxylic acids is 2. The topological polar surface area (TPSA) is 61.2 Å². The van der Waals surface area contributed by atoms with Gasteiger partial charge in [0.2, 0.25) is 11.8 Å². The van der Waals surface area contributed by atoms with Gasteiger partial charge in [-0.25, -0.2) is 4.90 Å². The lowest BCUT2D eigenvalue weighted by atomic mass is 10.3. The van der Waals surface area contributed by atoms with Gasteiger partial charge in [0.15, 0.2) is 0 Å². The fourth-order valence-electron chi connectivity index (χ4n) is 0.624. The maximum atomic E-state index is 10.9. The number of rotatable bonds is 3. The summed E-state index contributed by atoms with van der Waals surface area (Å²) in [5.41, 5.74) is 0. The Hall–Kier alpha value is -1.19. The minimum atomic E-state index is -0.327. The second kappa shape index (κ2) is 4.60. The Balaban J connectivity index is 4.27. The molecule has 0 atom stereocenters. The Morgan fingerprint density at radius 2 is 1.64 bits per heavy atom. The van der Waals surface area contributed by atoms with Crippen LogP contribution in [-0.2, 0) is 9.59 Å². The van der Waals surface area contributed by atoms with Crippen LogP contribution in [0.15, 0.2) is 0 Å².